The molecule has 1 aromatic rings. The van der Waals surface area contributed by atoms with E-state index in [2.05, 4.69) is 4.72 Å². The summed E-state index contributed by atoms with van der Waals surface area (Å²) in [6.07, 6.45) is 0.372. The van der Waals surface area contributed by atoms with Crippen LogP contribution in [0.4, 0.5) is 10.1 Å². The normalized spacial score (nSPS) is 11.4. The van der Waals surface area contributed by atoms with E-state index in [1.165, 1.54) is 0 Å². The molecule has 0 radical (unpaired) electrons. The van der Waals surface area contributed by atoms with Crippen molar-refractivity contribution in [3.8, 4) is 0 Å². The van der Waals surface area contributed by atoms with Gasteiger partial charge in [-0.25, -0.2) is 17.5 Å². The lowest BCUT2D eigenvalue weighted by molar-refractivity contribution is -0.118. The van der Waals surface area contributed by atoms with E-state index in [9.17, 15) is 17.6 Å². The molecule has 0 unspecified atom stereocenters. The summed E-state index contributed by atoms with van der Waals surface area (Å²) < 4.78 is 38.6. The second-order valence-electron chi connectivity index (χ2n) is 3.65. The Balaban J connectivity index is 2.71. The summed E-state index contributed by atoms with van der Waals surface area (Å²) in [5, 5.41) is 0. The van der Waals surface area contributed by atoms with Crippen molar-refractivity contribution in [3.63, 3.8) is 0 Å². The van der Waals surface area contributed by atoms with Gasteiger partial charge in [-0.1, -0.05) is 0 Å². The summed E-state index contributed by atoms with van der Waals surface area (Å²) >= 11 is 0. The van der Waals surface area contributed by atoms with Crippen LogP contribution in [0.25, 0.3) is 0 Å². The van der Waals surface area contributed by atoms with Gasteiger partial charge in [-0.2, -0.15) is 0 Å². The molecule has 0 saturated heterocycles. The van der Waals surface area contributed by atoms with E-state index in [-0.39, 0.29) is 30.0 Å². The highest BCUT2D eigenvalue weighted by Crippen LogP contribution is 2.18. The zero-order chi connectivity index (χ0) is 13.8. The number of nitrogens with one attached hydrogen (secondary N) is 1. The van der Waals surface area contributed by atoms with Crippen LogP contribution in [0.15, 0.2) is 23.1 Å². The predicted molar refractivity (Wildman–Crippen MR) is 64.4 cm³/mol. The number of hydrogen-bond acceptors (Lipinski definition) is 4. The second-order valence-corrected chi connectivity index (χ2v) is 5.39. The highest BCUT2D eigenvalue weighted by Gasteiger charge is 2.17. The van der Waals surface area contributed by atoms with Gasteiger partial charge >= 0.3 is 0 Å². The van der Waals surface area contributed by atoms with Crippen molar-refractivity contribution in [1.82, 2.24) is 4.72 Å². The number of carbonyl (C=O) groups excluding carboxylic acids is 1. The van der Waals surface area contributed by atoms with E-state index in [0.29, 0.717) is 0 Å². The summed E-state index contributed by atoms with van der Waals surface area (Å²) in [6, 6.07) is 3.02. The quantitative estimate of drug-likeness (QED) is 0.498. The molecule has 1 aromatic carbocycles. The lowest BCUT2D eigenvalue weighted by Gasteiger charge is -2.08. The van der Waals surface area contributed by atoms with Crippen molar-refractivity contribution in [2.45, 2.75) is 17.7 Å². The van der Waals surface area contributed by atoms with Gasteiger partial charge in [0.25, 0.3) is 0 Å². The first-order chi connectivity index (χ1) is 8.33. The second kappa shape index (κ2) is 5.78. The third kappa shape index (κ3) is 3.97. The number of carbonyl (C=O) groups is 1. The molecule has 8 heteroatoms. The van der Waals surface area contributed by atoms with Crippen LogP contribution in [0.1, 0.15) is 12.8 Å². The Morgan fingerprint density at radius 3 is 2.61 bits per heavy atom. The van der Waals surface area contributed by atoms with Gasteiger partial charge in [0.2, 0.25) is 15.9 Å². The van der Waals surface area contributed by atoms with Crippen LogP contribution < -0.4 is 16.2 Å². The van der Waals surface area contributed by atoms with E-state index in [0.717, 1.165) is 18.2 Å². The zero-order valence-electron chi connectivity index (χ0n) is 9.52. The van der Waals surface area contributed by atoms with Crippen LogP contribution >= 0.6 is 0 Å². The largest absolute Gasteiger partial charge is 0.398 e. The molecule has 0 spiro atoms. The van der Waals surface area contributed by atoms with Crippen molar-refractivity contribution in [2.24, 2.45) is 5.73 Å². The summed E-state index contributed by atoms with van der Waals surface area (Å²) in [7, 11) is -3.80. The minimum atomic E-state index is -3.80. The van der Waals surface area contributed by atoms with Gasteiger partial charge in [0, 0.05) is 13.0 Å². The molecule has 0 atom stereocenters. The molecule has 0 aromatic heterocycles. The van der Waals surface area contributed by atoms with Crippen molar-refractivity contribution < 1.29 is 17.6 Å². The van der Waals surface area contributed by atoms with Crippen LogP contribution in [0.2, 0.25) is 0 Å². The Labute approximate surface area is 104 Å². The predicted octanol–water partition coefficient (Wildman–Crippen LogP) is -0.0483. The van der Waals surface area contributed by atoms with Gasteiger partial charge in [-0.3, -0.25) is 4.79 Å². The summed E-state index contributed by atoms with van der Waals surface area (Å²) in [6.45, 7) is 0.0576. The van der Waals surface area contributed by atoms with E-state index >= 15 is 0 Å². The highest BCUT2D eigenvalue weighted by atomic mass is 32.2. The maximum Gasteiger partial charge on any atom is 0.242 e. The van der Waals surface area contributed by atoms with Crippen LogP contribution in [0.5, 0.6) is 0 Å². The average Bonchev–Trinajstić information content (AvgIpc) is 2.23. The molecule has 0 bridgehead atoms. The average molecular weight is 275 g/mol. The van der Waals surface area contributed by atoms with E-state index in [1.54, 1.807) is 0 Å². The maximum absolute atomic E-state index is 12.8. The Bertz CT molecular complexity index is 545. The Hall–Kier alpha value is -1.67. The van der Waals surface area contributed by atoms with Gasteiger partial charge in [-0.05, 0) is 24.6 Å². The third-order valence-corrected chi connectivity index (χ3v) is 3.69. The van der Waals surface area contributed by atoms with Crippen LogP contribution in [-0.4, -0.2) is 20.9 Å². The number of nitrogens with two attached hydrogens (primary N) is 2. The molecular formula is C10H14FN3O3S. The van der Waals surface area contributed by atoms with Crippen molar-refractivity contribution in [2.75, 3.05) is 12.3 Å². The monoisotopic (exact) mass is 275 g/mol. The fourth-order valence-corrected chi connectivity index (χ4v) is 2.50. The highest BCUT2D eigenvalue weighted by molar-refractivity contribution is 7.89. The van der Waals surface area contributed by atoms with Gasteiger partial charge in [0.1, 0.15) is 10.7 Å². The number of nitrogen functional groups attached to an aromatic ring is 1. The lowest BCUT2D eigenvalue weighted by Crippen LogP contribution is -2.26. The first-order valence-electron chi connectivity index (χ1n) is 5.16. The summed E-state index contributed by atoms with van der Waals surface area (Å²) in [4.78, 5) is 10.3. The minimum absolute atomic E-state index is 0.0576. The molecule has 1 amide bonds. The molecule has 18 heavy (non-hydrogen) atoms. The zero-order valence-corrected chi connectivity index (χ0v) is 10.3. The van der Waals surface area contributed by atoms with E-state index in [1.807, 2.05) is 0 Å². The number of halogens is 1. The van der Waals surface area contributed by atoms with Crippen LogP contribution in [0.3, 0.4) is 0 Å². The van der Waals surface area contributed by atoms with Crippen LogP contribution in [0, 0.1) is 5.82 Å². The molecule has 0 fully saturated rings. The Morgan fingerprint density at radius 1 is 1.39 bits per heavy atom. The maximum atomic E-state index is 12.8. The van der Waals surface area contributed by atoms with Crippen LogP contribution in [-0.2, 0) is 14.8 Å². The Morgan fingerprint density at radius 2 is 2.06 bits per heavy atom. The molecule has 100 valence electrons. The molecule has 0 aliphatic heterocycles. The number of rotatable bonds is 6. The van der Waals surface area contributed by atoms with E-state index < -0.39 is 21.7 Å². The number of amides is 1. The first kappa shape index (κ1) is 14.4. The number of anilines is 1. The number of sulfonamides is 1. The molecule has 0 heterocycles. The number of benzene rings is 1. The standard InChI is InChI=1S/C10H14FN3O3S/c11-7-3-4-9(8(12)6-7)18(16,17)14-5-1-2-10(13)15/h3-4,6,14H,1-2,5,12H2,(H2,13,15). The first-order valence-corrected chi connectivity index (χ1v) is 6.64. The molecule has 0 saturated carbocycles. The molecule has 0 aliphatic rings. The van der Waals surface area contributed by atoms with E-state index in [4.69, 9.17) is 11.5 Å². The number of hydrogen-bond donors (Lipinski definition) is 3. The Kier molecular flexibility index (Phi) is 4.62. The smallest absolute Gasteiger partial charge is 0.242 e. The lowest BCUT2D eigenvalue weighted by atomic mass is 10.3. The van der Waals surface area contributed by atoms with Crippen molar-refractivity contribution in [3.05, 3.63) is 24.0 Å². The fraction of sp³-hybridized carbons (Fsp3) is 0.300. The SMILES string of the molecule is NC(=O)CCCNS(=O)(=O)c1ccc(F)cc1N. The molecular weight excluding hydrogens is 261 g/mol. The van der Waals surface area contributed by atoms with Crippen molar-refractivity contribution >= 4 is 21.6 Å². The van der Waals surface area contributed by atoms with Gasteiger partial charge in [0.05, 0.1) is 5.69 Å². The van der Waals surface area contributed by atoms with Crippen molar-refractivity contribution in [1.29, 1.82) is 0 Å². The van der Waals surface area contributed by atoms with Gasteiger partial charge < -0.3 is 11.5 Å². The van der Waals surface area contributed by atoms with Gasteiger partial charge in [0.15, 0.2) is 0 Å². The summed E-state index contributed by atoms with van der Waals surface area (Å²) in [5.74, 6) is -1.12. The molecule has 1 rings (SSSR count). The topological polar surface area (TPSA) is 115 Å². The third-order valence-electron chi connectivity index (χ3n) is 2.15. The molecule has 0 aliphatic carbocycles. The summed E-state index contributed by atoms with van der Waals surface area (Å²) in [5.41, 5.74) is 10.2. The fourth-order valence-electron chi connectivity index (χ4n) is 1.31. The number of primary amides is 1. The molecule has 5 N–H and O–H groups in total. The molecule has 6 nitrogen and oxygen atoms in total. The minimum Gasteiger partial charge on any atom is -0.398 e. The van der Waals surface area contributed by atoms with Gasteiger partial charge in [-0.15, -0.1) is 0 Å².